The van der Waals surface area contributed by atoms with Crippen molar-refractivity contribution in [1.29, 1.82) is 0 Å². The van der Waals surface area contributed by atoms with E-state index in [0.717, 1.165) is 0 Å². The highest BCUT2D eigenvalue weighted by Crippen LogP contribution is 2.60. The topological polar surface area (TPSA) is 69.7 Å². The Morgan fingerprint density at radius 1 is 1.47 bits per heavy atom. The lowest BCUT2D eigenvalue weighted by atomic mass is 9.84. The van der Waals surface area contributed by atoms with E-state index in [0.29, 0.717) is 19.8 Å². The molecule has 0 N–H and O–H groups in total. The standard InChI is InChI=1S/C11H14F2O5S/c1-10(12,13)5-17-9(14)11-4-6-2-7(11)8(3-6)19(15,16)18-11/h6-8H,2-5H2,1H3. The summed E-state index contributed by atoms with van der Waals surface area (Å²) in [5.41, 5.74) is -1.54. The second kappa shape index (κ2) is 3.66. The quantitative estimate of drug-likeness (QED) is 0.576. The summed E-state index contributed by atoms with van der Waals surface area (Å²) in [7, 11) is -3.78. The molecule has 0 aromatic carbocycles. The van der Waals surface area contributed by atoms with Crippen LogP contribution < -0.4 is 0 Å². The minimum absolute atomic E-state index is 0.0990. The molecule has 4 unspecified atom stereocenters. The third-order valence-electron chi connectivity index (χ3n) is 4.23. The first kappa shape index (κ1) is 13.2. The lowest BCUT2D eigenvalue weighted by Gasteiger charge is -2.27. The SMILES string of the molecule is CC(F)(F)COC(=O)C12CC3CC1C(C3)S(=O)(=O)O2. The molecule has 0 radical (unpaired) electrons. The number of ether oxygens (including phenoxy) is 1. The number of carbonyl (C=O) groups is 1. The van der Waals surface area contributed by atoms with Crippen molar-refractivity contribution in [2.24, 2.45) is 11.8 Å². The van der Waals surface area contributed by atoms with Gasteiger partial charge in [-0.15, -0.1) is 0 Å². The van der Waals surface area contributed by atoms with Crippen molar-refractivity contribution in [1.82, 2.24) is 0 Å². The van der Waals surface area contributed by atoms with Gasteiger partial charge in [-0.25, -0.2) is 13.6 Å². The Morgan fingerprint density at radius 3 is 2.74 bits per heavy atom. The van der Waals surface area contributed by atoms with Gasteiger partial charge in [0.2, 0.25) is 0 Å². The number of rotatable bonds is 3. The van der Waals surface area contributed by atoms with E-state index in [-0.39, 0.29) is 12.3 Å². The number of hydrogen-bond acceptors (Lipinski definition) is 5. The van der Waals surface area contributed by atoms with E-state index in [2.05, 4.69) is 4.74 Å². The zero-order valence-corrected chi connectivity index (χ0v) is 11.1. The maximum atomic E-state index is 12.7. The maximum absolute atomic E-state index is 12.7. The molecule has 0 spiro atoms. The van der Waals surface area contributed by atoms with Gasteiger partial charge in [0.15, 0.2) is 12.2 Å². The Labute approximate surface area is 109 Å². The van der Waals surface area contributed by atoms with Crippen LogP contribution in [0.3, 0.4) is 0 Å². The maximum Gasteiger partial charge on any atom is 0.340 e. The average molecular weight is 296 g/mol. The van der Waals surface area contributed by atoms with Gasteiger partial charge in [0.1, 0.15) is 0 Å². The van der Waals surface area contributed by atoms with Crippen LogP contribution in [0.15, 0.2) is 0 Å². The van der Waals surface area contributed by atoms with E-state index in [1.165, 1.54) is 0 Å². The largest absolute Gasteiger partial charge is 0.457 e. The van der Waals surface area contributed by atoms with Crippen LogP contribution in [-0.4, -0.2) is 37.8 Å². The van der Waals surface area contributed by atoms with Crippen LogP contribution >= 0.6 is 0 Å². The summed E-state index contributed by atoms with van der Waals surface area (Å²) >= 11 is 0. The fraction of sp³-hybridized carbons (Fsp3) is 0.909. The highest BCUT2D eigenvalue weighted by atomic mass is 32.2. The third-order valence-corrected chi connectivity index (χ3v) is 6.02. The molecule has 3 aliphatic rings. The van der Waals surface area contributed by atoms with E-state index in [1.807, 2.05) is 0 Å². The highest BCUT2D eigenvalue weighted by molar-refractivity contribution is 7.87. The summed E-state index contributed by atoms with van der Waals surface area (Å²) < 4.78 is 58.6. The monoisotopic (exact) mass is 296 g/mol. The van der Waals surface area contributed by atoms with Gasteiger partial charge < -0.3 is 4.74 Å². The lowest BCUT2D eigenvalue weighted by molar-refractivity contribution is -0.173. The molecular formula is C11H14F2O5S. The molecule has 0 amide bonds. The van der Waals surface area contributed by atoms with Crippen LogP contribution in [0.1, 0.15) is 26.2 Å². The van der Waals surface area contributed by atoms with Gasteiger partial charge in [0, 0.05) is 12.8 Å². The van der Waals surface area contributed by atoms with E-state index in [9.17, 15) is 22.0 Å². The molecule has 2 saturated carbocycles. The summed E-state index contributed by atoms with van der Waals surface area (Å²) in [6.07, 6.45) is 1.33. The molecule has 3 rings (SSSR count). The zero-order chi connectivity index (χ0) is 14.1. The van der Waals surface area contributed by atoms with Crippen molar-refractivity contribution >= 4 is 16.1 Å². The molecule has 0 aromatic heterocycles. The molecule has 3 fully saturated rings. The smallest absolute Gasteiger partial charge is 0.340 e. The van der Waals surface area contributed by atoms with E-state index < -0.39 is 45.4 Å². The first-order chi connectivity index (χ1) is 8.64. The molecule has 2 bridgehead atoms. The van der Waals surface area contributed by atoms with Gasteiger partial charge in [-0.3, -0.25) is 4.18 Å². The predicted molar refractivity (Wildman–Crippen MR) is 58.9 cm³/mol. The Bertz CT molecular complexity index is 526. The molecule has 5 nitrogen and oxygen atoms in total. The van der Waals surface area contributed by atoms with Crippen LogP contribution in [0.5, 0.6) is 0 Å². The summed E-state index contributed by atoms with van der Waals surface area (Å²) in [5.74, 6) is -4.45. The molecule has 1 heterocycles. The number of halogens is 2. The molecule has 2 aliphatic carbocycles. The lowest BCUT2D eigenvalue weighted by Crippen LogP contribution is -2.45. The third kappa shape index (κ3) is 1.87. The van der Waals surface area contributed by atoms with Crippen molar-refractivity contribution in [2.75, 3.05) is 6.61 Å². The number of esters is 1. The van der Waals surface area contributed by atoms with Crippen LogP contribution in [0.4, 0.5) is 8.78 Å². The second-order valence-corrected chi connectivity index (χ2v) is 7.56. The van der Waals surface area contributed by atoms with Crippen LogP contribution in [0.2, 0.25) is 0 Å². The van der Waals surface area contributed by atoms with Crippen LogP contribution in [0.25, 0.3) is 0 Å². The van der Waals surface area contributed by atoms with Gasteiger partial charge >= 0.3 is 5.97 Å². The summed E-state index contributed by atoms with van der Waals surface area (Å²) in [6, 6.07) is 0. The molecule has 1 saturated heterocycles. The van der Waals surface area contributed by atoms with Crippen LogP contribution in [0, 0.1) is 11.8 Å². The number of carbonyl (C=O) groups excluding carboxylic acids is 1. The van der Waals surface area contributed by atoms with E-state index in [4.69, 9.17) is 4.18 Å². The second-order valence-electron chi connectivity index (χ2n) is 5.80. The summed E-state index contributed by atoms with van der Waals surface area (Å²) in [5, 5.41) is -0.680. The molecular weight excluding hydrogens is 282 g/mol. The minimum atomic E-state index is -3.78. The Morgan fingerprint density at radius 2 is 2.16 bits per heavy atom. The Kier molecular flexibility index (Phi) is 2.55. The van der Waals surface area contributed by atoms with E-state index >= 15 is 0 Å². The van der Waals surface area contributed by atoms with Crippen molar-refractivity contribution in [3.8, 4) is 0 Å². The zero-order valence-electron chi connectivity index (χ0n) is 10.3. The number of fused-ring (bicyclic) bond motifs is 1. The molecule has 8 heteroatoms. The molecule has 4 atom stereocenters. The van der Waals surface area contributed by atoms with Gasteiger partial charge in [-0.2, -0.15) is 8.42 Å². The fourth-order valence-corrected chi connectivity index (χ4v) is 5.64. The first-order valence-electron chi connectivity index (χ1n) is 6.14. The van der Waals surface area contributed by atoms with E-state index in [1.54, 1.807) is 0 Å². The van der Waals surface area contributed by atoms with Gasteiger partial charge in [-0.1, -0.05) is 0 Å². The van der Waals surface area contributed by atoms with Crippen molar-refractivity contribution in [3.63, 3.8) is 0 Å². The molecule has 19 heavy (non-hydrogen) atoms. The average Bonchev–Trinajstić information content (AvgIpc) is 2.83. The molecule has 108 valence electrons. The van der Waals surface area contributed by atoms with Crippen LogP contribution in [-0.2, 0) is 23.8 Å². The molecule has 1 aliphatic heterocycles. The normalized spacial score (nSPS) is 42.6. The highest BCUT2D eigenvalue weighted by Gasteiger charge is 2.71. The van der Waals surface area contributed by atoms with Gasteiger partial charge in [0.05, 0.1) is 5.25 Å². The number of hydrogen-bond donors (Lipinski definition) is 0. The first-order valence-corrected chi connectivity index (χ1v) is 7.61. The fourth-order valence-electron chi connectivity index (χ4n) is 3.60. The van der Waals surface area contributed by atoms with Gasteiger partial charge in [0.25, 0.3) is 16.0 Å². The Balaban J connectivity index is 1.83. The summed E-state index contributed by atoms with van der Waals surface area (Å²) in [6.45, 7) is -0.424. The van der Waals surface area contributed by atoms with Crippen molar-refractivity contribution < 1.29 is 30.9 Å². The van der Waals surface area contributed by atoms with Crippen molar-refractivity contribution in [3.05, 3.63) is 0 Å². The van der Waals surface area contributed by atoms with Crippen molar-refractivity contribution in [2.45, 2.75) is 43.0 Å². The predicted octanol–water partition coefficient (Wildman–Crippen LogP) is 1.08. The van der Waals surface area contributed by atoms with Gasteiger partial charge in [-0.05, 0) is 25.2 Å². The Hall–Kier alpha value is -0.760. The molecule has 0 aromatic rings. The minimum Gasteiger partial charge on any atom is -0.457 e. The number of alkyl halides is 2. The summed E-state index contributed by atoms with van der Waals surface area (Å²) in [4.78, 5) is 12.0.